The fraction of sp³-hybridized carbons (Fsp3) is 1.00. The van der Waals surface area contributed by atoms with Crippen LogP contribution >= 0.6 is 0 Å². The van der Waals surface area contributed by atoms with Crippen molar-refractivity contribution in [2.45, 2.75) is 19.4 Å². The van der Waals surface area contributed by atoms with Gasteiger partial charge >= 0.3 is 59.1 Å². The molecule has 2 N–H and O–H groups in total. The first-order valence-electron chi connectivity index (χ1n) is 2.06. The molecule has 0 bridgehead atoms. The van der Waals surface area contributed by atoms with Crippen molar-refractivity contribution < 1.29 is 10.2 Å². The van der Waals surface area contributed by atoms with Crippen LogP contribution in [0.4, 0.5) is 0 Å². The van der Waals surface area contributed by atoms with Gasteiger partial charge in [0, 0.05) is 6.61 Å². The molecule has 0 rings (SSSR count). The Balaban J connectivity index is -0.000000125. The third-order valence-corrected chi connectivity index (χ3v) is 0.547. The van der Waals surface area contributed by atoms with Crippen LogP contribution in [0.15, 0.2) is 0 Å². The van der Waals surface area contributed by atoms with Gasteiger partial charge in [0.2, 0.25) is 0 Å². The summed E-state index contributed by atoms with van der Waals surface area (Å²) in [5.41, 5.74) is 0. The summed E-state index contributed by atoms with van der Waals surface area (Å²) >= 11 is 0. The fourth-order valence-corrected chi connectivity index (χ4v) is 0.187. The van der Waals surface area contributed by atoms with E-state index >= 15 is 0 Å². The van der Waals surface area contributed by atoms with Crippen molar-refractivity contribution in [1.82, 2.24) is 0 Å². The van der Waals surface area contributed by atoms with Gasteiger partial charge in [-0.1, -0.05) is 0 Å². The van der Waals surface area contributed by atoms with Gasteiger partial charge in [-0.3, -0.25) is 0 Å². The predicted octanol–water partition coefficient (Wildman–Crippen LogP) is -1.55. The van der Waals surface area contributed by atoms with Crippen LogP contribution in [0.1, 0.15) is 13.3 Å². The first-order chi connectivity index (χ1) is 2.77. The zero-order chi connectivity index (χ0) is 4.99. The molecule has 0 aliphatic heterocycles. The summed E-state index contributed by atoms with van der Waals surface area (Å²) in [6.45, 7) is 1.73. The molecule has 0 aliphatic carbocycles. The van der Waals surface area contributed by atoms with Crippen LogP contribution in [0.25, 0.3) is 0 Å². The molecule has 42 valence electrons. The van der Waals surface area contributed by atoms with Gasteiger partial charge in [-0.2, -0.15) is 0 Å². The van der Waals surface area contributed by atoms with E-state index in [1.54, 1.807) is 6.92 Å². The van der Waals surface area contributed by atoms with Crippen LogP contribution in [0, 0.1) is 0 Å². The van der Waals surface area contributed by atoms with Crippen molar-refractivity contribution in [2.24, 2.45) is 0 Å². The average Bonchev–Trinajstić information content (AvgIpc) is 1.35. The van der Waals surface area contributed by atoms with E-state index in [0.29, 0.717) is 6.42 Å². The van der Waals surface area contributed by atoms with Crippen LogP contribution in [0.2, 0.25) is 0 Å². The maximum atomic E-state index is 8.39. The Morgan fingerprint density at radius 1 is 1.38 bits per heavy atom. The van der Waals surface area contributed by atoms with E-state index in [9.17, 15) is 0 Å². The van der Waals surface area contributed by atoms with E-state index in [1.807, 2.05) is 0 Å². The number of hydrogen-bond acceptors (Lipinski definition) is 2. The van der Waals surface area contributed by atoms with E-state index in [1.165, 1.54) is 0 Å². The molecule has 1 unspecified atom stereocenters. The maximum absolute atomic E-state index is 8.39. The molecule has 0 spiro atoms. The Hall–Kier alpha value is 1.92. The van der Waals surface area contributed by atoms with Crippen molar-refractivity contribution in [3.63, 3.8) is 0 Å². The van der Waals surface area contributed by atoms with Gasteiger partial charge in [0.05, 0.1) is 6.10 Å². The van der Waals surface area contributed by atoms with Crippen molar-refractivity contribution in [3.05, 3.63) is 0 Å². The van der Waals surface area contributed by atoms with Crippen molar-refractivity contribution in [2.75, 3.05) is 6.61 Å². The summed E-state index contributed by atoms with van der Waals surface area (Å²) in [5, 5.41) is 16.5. The molecule has 0 saturated carbocycles. The Morgan fingerprint density at radius 3 is 1.75 bits per heavy atom. The van der Waals surface area contributed by atoms with E-state index in [0.717, 1.165) is 0 Å². The normalized spacial score (nSPS) is 10.9. The van der Waals surface area contributed by atoms with E-state index in [4.69, 9.17) is 10.2 Å². The van der Waals surface area contributed by atoms with Gasteiger partial charge < -0.3 is 10.2 Å². The third-order valence-electron chi connectivity index (χ3n) is 0.547. The second kappa shape index (κ2) is 11.7. The molecule has 0 heterocycles. The van der Waals surface area contributed by atoms with Crippen LogP contribution in [0.3, 0.4) is 0 Å². The van der Waals surface area contributed by atoms with Crippen LogP contribution in [0.5, 0.6) is 0 Å². The summed E-state index contributed by atoms with van der Waals surface area (Å²) in [4.78, 5) is 0. The Kier molecular flexibility index (Phi) is 24.1. The Morgan fingerprint density at radius 2 is 1.75 bits per heavy atom. The second-order valence-corrected chi connectivity index (χ2v) is 1.36. The van der Waals surface area contributed by atoms with Crippen LogP contribution < -0.4 is 0 Å². The summed E-state index contributed by atoms with van der Waals surface area (Å²) in [6.07, 6.45) is 0.134. The summed E-state index contributed by atoms with van der Waals surface area (Å²) in [7, 11) is 0. The second-order valence-electron chi connectivity index (χ2n) is 1.36. The molecule has 0 saturated heterocycles. The van der Waals surface area contributed by atoms with Crippen molar-refractivity contribution >= 4 is 59.1 Å². The minimum atomic E-state index is -0.352. The number of hydrogen-bond donors (Lipinski definition) is 2. The van der Waals surface area contributed by atoms with Crippen LogP contribution in [-0.2, 0) is 0 Å². The van der Waals surface area contributed by atoms with Gasteiger partial charge in [0.15, 0.2) is 0 Å². The topological polar surface area (TPSA) is 40.5 Å². The summed E-state index contributed by atoms with van der Waals surface area (Å²) in [6, 6.07) is 0. The average molecular weight is 138 g/mol. The first kappa shape index (κ1) is 16.5. The zero-order valence-corrected chi connectivity index (χ0v) is 3.89. The summed E-state index contributed by atoms with van der Waals surface area (Å²) < 4.78 is 0. The zero-order valence-electron chi connectivity index (χ0n) is 3.89. The van der Waals surface area contributed by atoms with Gasteiger partial charge in [0.1, 0.15) is 0 Å². The fourth-order valence-electron chi connectivity index (χ4n) is 0.187. The van der Waals surface area contributed by atoms with E-state index < -0.39 is 0 Å². The molecule has 0 aromatic heterocycles. The molecule has 0 aromatic carbocycles. The van der Waals surface area contributed by atoms with Gasteiger partial charge in [-0.05, 0) is 13.3 Å². The van der Waals surface area contributed by atoms with Crippen molar-refractivity contribution in [3.8, 4) is 0 Å². The van der Waals surface area contributed by atoms with Gasteiger partial charge in [-0.25, -0.2) is 0 Å². The molecule has 0 radical (unpaired) electrons. The van der Waals surface area contributed by atoms with E-state index in [2.05, 4.69) is 0 Å². The third kappa shape index (κ3) is 15.7. The monoisotopic (exact) mass is 138 g/mol. The molecule has 2 nitrogen and oxygen atoms in total. The molecule has 0 aromatic rings. The summed E-state index contributed by atoms with van der Waals surface area (Å²) in [5.74, 6) is 0. The molecule has 0 fully saturated rings. The molecule has 8 heavy (non-hydrogen) atoms. The first-order valence-corrected chi connectivity index (χ1v) is 2.06. The molecule has 0 amide bonds. The molecular formula is C4H12Na2O2. The molecule has 0 aliphatic rings. The molecular weight excluding hydrogens is 126 g/mol. The van der Waals surface area contributed by atoms with Gasteiger partial charge in [0.25, 0.3) is 0 Å². The Bertz CT molecular complexity index is 33.2. The molecule has 4 heteroatoms. The van der Waals surface area contributed by atoms with Gasteiger partial charge in [-0.15, -0.1) is 0 Å². The predicted molar refractivity (Wildman–Crippen MR) is 37.7 cm³/mol. The molecule has 1 atom stereocenters. The van der Waals surface area contributed by atoms with E-state index in [-0.39, 0.29) is 71.8 Å². The van der Waals surface area contributed by atoms with Crippen molar-refractivity contribution in [1.29, 1.82) is 0 Å². The minimum absolute atomic E-state index is 0. The SMILES string of the molecule is CC(O)CCO.[NaH].[NaH]. The van der Waals surface area contributed by atoms with Crippen LogP contribution in [-0.4, -0.2) is 82.0 Å². The quantitative estimate of drug-likeness (QED) is 0.454. The number of aliphatic hydroxyl groups excluding tert-OH is 2. The number of rotatable bonds is 2. The number of aliphatic hydroxyl groups is 2. The Labute approximate surface area is 94.2 Å². The standard InChI is InChI=1S/C4H10O2.2Na.2H/c1-4(6)2-3-5;;;;/h4-6H,2-3H2,1H3;;;;.